The summed E-state index contributed by atoms with van der Waals surface area (Å²) in [5.74, 6) is -0.805. The van der Waals surface area contributed by atoms with E-state index in [1.807, 2.05) is 0 Å². The number of carbonyl (C=O) groups excluding carboxylic acids is 2. The second-order valence-electron chi connectivity index (χ2n) is 3.92. The molecule has 0 unspecified atom stereocenters. The van der Waals surface area contributed by atoms with E-state index in [0.717, 1.165) is 6.92 Å². The number of hydrogen-bond acceptors (Lipinski definition) is 7. The van der Waals surface area contributed by atoms with Crippen LogP contribution >= 0.6 is 0 Å². The van der Waals surface area contributed by atoms with E-state index in [9.17, 15) is 24.9 Å². The molecule has 0 saturated carbocycles. The van der Waals surface area contributed by atoms with Gasteiger partial charge in [0.15, 0.2) is 12.4 Å². The highest BCUT2D eigenvalue weighted by Crippen LogP contribution is 2.19. The van der Waals surface area contributed by atoms with Crippen molar-refractivity contribution < 1.29 is 34.7 Å². The summed E-state index contributed by atoms with van der Waals surface area (Å²) in [6, 6.07) is 0. The van der Waals surface area contributed by atoms with Crippen molar-refractivity contribution >= 4 is 12.3 Å². The van der Waals surface area contributed by atoms with Gasteiger partial charge in [0.2, 0.25) is 0 Å². The summed E-state index contributed by atoms with van der Waals surface area (Å²) in [6.45, 7) is 3.94. The summed E-state index contributed by atoms with van der Waals surface area (Å²) in [4.78, 5) is 29.5. The van der Waals surface area contributed by atoms with Gasteiger partial charge in [0.05, 0.1) is 5.60 Å². The van der Waals surface area contributed by atoms with Gasteiger partial charge in [0, 0.05) is 6.92 Å². The summed E-state index contributed by atoms with van der Waals surface area (Å²) in [7, 11) is 0. The average Bonchev–Trinajstić information content (AvgIpc) is 2.28. The van der Waals surface area contributed by atoms with Crippen LogP contribution in [0.1, 0.15) is 27.2 Å². The summed E-state index contributed by atoms with van der Waals surface area (Å²) in [5, 5.41) is 28.9. The van der Waals surface area contributed by atoms with Gasteiger partial charge in [-0.1, -0.05) is 6.92 Å². The molecule has 4 atom stereocenters. The number of aliphatic hydroxyl groups is 3. The third kappa shape index (κ3) is 4.78. The lowest BCUT2D eigenvalue weighted by atomic mass is 9.90. The fraction of sp³-hybridized carbons (Fsp3) is 0.800. The molecule has 0 heterocycles. The van der Waals surface area contributed by atoms with Crippen LogP contribution in [0.2, 0.25) is 0 Å². The van der Waals surface area contributed by atoms with Crippen LogP contribution < -0.4 is 0 Å². The lowest BCUT2D eigenvalue weighted by molar-refractivity contribution is -0.308. The van der Waals surface area contributed by atoms with Crippen LogP contribution in [0.4, 0.5) is 0 Å². The van der Waals surface area contributed by atoms with Gasteiger partial charge < -0.3 is 20.1 Å². The Morgan fingerprint density at radius 1 is 1.47 bits per heavy atom. The van der Waals surface area contributed by atoms with Crippen LogP contribution in [-0.2, 0) is 19.4 Å². The molecule has 0 saturated heterocycles. The summed E-state index contributed by atoms with van der Waals surface area (Å²) in [5.41, 5.74) is -1.58. The first-order chi connectivity index (χ1) is 7.76. The van der Waals surface area contributed by atoms with Crippen LogP contribution in [0.5, 0.6) is 0 Å². The molecule has 7 nitrogen and oxygen atoms in total. The molecule has 0 aliphatic heterocycles. The van der Waals surface area contributed by atoms with Gasteiger partial charge in [-0.2, -0.15) is 4.89 Å². The molecule has 0 radical (unpaired) electrons. The van der Waals surface area contributed by atoms with E-state index >= 15 is 0 Å². The number of aliphatic hydroxyl groups excluding tert-OH is 2. The van der Waals surface area contributed by atoms with Gasteiger partial charge in [0.1, 0.15) is 12.2 Å². The maximum absolute atomic E-state index is 10.6. The third-order valence-electron chi connectivity index (χ3n) is 2.42. The largest absolute Gasteiger partial charge is 0.387 e. The first kappa shape index (κ1) is 16.0. The van der Waals surface area contributed by atoms with E-state index in [1.165, 1.54) is 6.92 Å². The predicted octanol–water partition coefficient (Wildman–Crippen LogP) is -1.07. The SMILES string of the molecule is CC[C@](C)(O)[C@H](O)[C@H](O)[C@H](C=O)OOC(C)=O. The van der Waals surface area contributed by atoms with E-state index in [-0.39, 0.29) is 12.7 Å². The fourth-order valence-electron chi connectivity index (χ4n) is 1.04. The molecule has 0 spiro atoms. The van der Waals surface area contributed by atoms with Gasteiger partial charge in [-0.25, -0.2) is 4.79 Å². The second kappa shape index (κ2) is 6.65. The maximum Gasteiger partial charge on any atom is 0.339 e. The summed E-state index contributed by atoms with van der Waals surface area (Å²) >= 11 is 0. The molecule has 7 heteroatoms. The van der Waals surface area contributed by atoms with Crippen molar-refractivity contribution in [2.24, 2.45) is 0 Å². The molecule has 0 aliphatic rings. The molecule has 0 aromatic rings. The Kier molecular flexibility index (Phi) is 6.25. The Morgan fingerprint density at radius 3 is 2.35 bits per heavy atom. The molecule has 0 aromatic heterocycles. The zero-order chi connectivity index (χ0) is 13.6. The highest BCUT2D eigenvalue weighted by molar-refractivity contribution is 5.65. The predicted molar refractivity (Wildman–Crippen MR) is 55.6 cm³/mol. The maximum atomic E-state index is 10.6. The van der Waals surface area contributed by atoms with E-state index in [2.05, 4.69) is 9.78 Å². The molecule has 3 N–H and O–H groups in total. The first-order valence-corrected chi connectivity index (χ1v) is 5.14. The minimum absolute atomic E-state index is 0.157. The van der Waals surface area contributed by atoms with Crippen molar-refractivity contribution in [3.63, 3.8) is 0 Å². The first-order valence-electron chi connectivity index (χ1n) is 5.14. The highest BCUT2D eigenvalue weighted by atomic mass is 17.2. The van der Waals surface area contributed by atoms with E-state index in [0.29, 0.717) is 0 Å². The molecule has 0 aliphatic carbocycles. The zero-order valence-corrected chi connectivity index (χ0v) is 9.99. The van der Waals surface area contributed by atoms with Gasteiger partial charge in [-0.05, 0) is 13.3 Å². The molecular formula is C10H18O7. The monoisotopic (exact) mass is 250 g/mol. The van der Waals surface area contributed by atoms with Crippen LogP contribution in [0, 0.1) is 0 Å². The fourth-order valence-corrected chi connectivity index (χ4v) is 1.04. The summed E-state index contributed by atoms with van der Waals surface area (Å²) < 4.78 is 0. The van der Waals surface area contributed by atoms with Crippen molar-refractivity contribution in [3.05, 3.63) is 0 Å². The molecule has 17 heavy (non-hydrogen) atoms. The minimum atomic E-state index is -1.71. The zero-order valence-electron chi connectivity index (χ0n) is 9.99. The van der Waals surface area contributed by atoms with Gasteiger partial charge >= 0.3 is 5.97 Å². The van der Waals surface area contributed by atoms with Crippen LogP contribution in [0.3, 0.4) is 0 Å². The van der Waals surface area contributed by atoms with Gasteiger partial charge in [-0.15, -0.1) is 0 Å². The highest BCUT2D eigenvalue weighted by Gasteiger charge is 2.39. The van der Waals surface area contributed by atoms with Crippen molar-refractivity contribution in [1.82, 2.24) is 0 Å². The van der Waals surface area contributed by atoms with Crippen molar-refractivity contribution in [1.29, 1.82) is 0 Å². The molecule has 0 fully saturated rings. The van der Waals surface area contributed by atoms with Crippen LogP contribution in [0.15, 0.2) is 0 Å². The standard InChI is InChI=1S/C10H18O7/c1-4-10(3,15)9(14)8(13)7(5-11)17-16-6(2)12/h5,7-9,13-15H,4H2,1-3H3/t7-,8+,9+,10-/m0/s1. The van der Waals surface area contributed by atoms with E-state index < -0.39 is 29.9 Å². The van der Waals surface area contributed by atoms with E-state index in [4.69, 9.17) is 0 Å². The molecule has 0 bridgehead atoms. The molecule has 0 rings (SSSR count). The Balaban J connectivity index is 4.57. The average molecular weight is 250 g/mol. The normalized spacial score (nSPS) is 19.9. The van der Waals surface area contributed by atoms with Crippen LogP contribution in [0.25, 0.3) is 0 Å². The third-order valence-corrected chi connectivity index (χ3v) is 2.42. The Hall–Kier alpha value is -1.02. The number of hydrogen-bond donors (Lipinski definition) is 3. The minimum Gasteiger partial charge on any atom is -0.387 e. The lowest BCUT2D eigenvalue weighted by Crippen LogP contribution is -2.52. The molecule has 0 aromatic carbocycles. The van der Waals surface area contributed by atoms with Crippen molar-refractivity contribution in [2.75, 3.05) is 0 Å². The second-order valence-corrected chi connectivity index (χ2v) is 3.92. The van der Waals surface area contributed by atoms with Crippen LogP contribution in [-0.4, -0.2) is 51.5 Å². The Bertz CT molecular complexity index is 263. The topological polar surface area (TPSA) is 113 Å². The molecule has 100 valence electrons. The number of rotatable bonds is 7. The van der Waals surface area contributed by atoms with E-state index in [1.54, 1.807) is 6.92 Å². The van der Waals surface area contributed by atoms with Crippen molar-refractivity contribution in [3.8, 4) is 0 Å². The quantitative estimate of drug-likeness (QED) is 0.299. The lowest BCUT2D eigenvalue weighted by Gasteiger charge is -2.32. The Morgan fingerprint density at radius 2 is 2.00 bits per heavy atom. The van der Waals surface area contributed by atoms with Gasteiger partial charge in [0.25, 0.3) is 0 Å². The molecular weight excluding hydrogens is 232 g/mol. The van der Waals surface area contributed by atoms with Gasteiger partial charge in [-0.3, -0.25) is 4.89 Å². The number of carbonyl (C=O) groups is 2. The molecule has 0 amide bonds. The Labute approximate surface area is 98.9 Å². The summed E-state index contributed by atoms with van der Waals surface area (Å²) in [6.07, 6.45) is -4.56. The van der Waals surface area contributed by atoms with Crippen molar-refractivity contribution in [2.45, 2.75) is 51.1 Å². The smallest absolute Gasteiger partial charge is 0.339 e. The number of aldehydes is 1.